The second kappa shape index (κ2) is 11.8. The summed E-state index contributed by atoms with van der Waals surface area (Å²) in [5, 5.41) is 13.4. The van der Waals surface area contributed by atoms with Crippen molar-refractivity contribution in [3.8, 4) is 17.2 Å². The van der Waals surface area contributed by atoms with Gasteiger partial charge in [0.05, 0.1) is 34.6 Å². The zero-order valence-electron chi connectivity index (χ0n) is 23.4. The van der Waals surface area contributed by atoms with E-state index in [2.05, 4.69) is 25.8 Å². The van der Waals surface area contributed by atoms with Gasteiger partial charge in [0.25, 0.3) is 5.91 Å². The Bertz CT molecular complexity index is 1540. The van der Waals surface area contributed by atoms with Crippen molar-refractivity contribution in [2.24, 2.45) is 0 Å². The molecule has 0 bridgehead atoms. The number of urea groups is 1. The van der Waals surface area contributed by atoms with Gasteiger partial charge < -0.3 is 19.7 Å². The Labute approximate surface area is 238 Å². The first-order valence-corrected chi connectivity index (χ1v) is 13.3. The van der Waals surface area contributed by atoms with Crippen molar-refractivity contribution in [3.63, 3.8) is 0 Å². The van der Waals surface area contributed by atoms with Gasteiger partial charge >= 0.3 is 6.03 Å². The molecule has 0 aliphatic heterocycles. The number of rotatable bonds is 8. The summed E-state index contributed by atoms with van der Waals surface area (Å²) in [6.45, 7) is 11.1. The lowest BCUT2D eigenvalue weighted by molar-refractivity contribution is 0.0770. The van der Waals surface area contributed by atoms with Crippen LogP contribution in [0.5, 0.6) is 17.2 Å². The highest BCUT2D eigenvalue weighted by molar-refractivity contribution is 6.34. The number of carbonyl (C=O) groups excluding carboxylic acids is 2. The fourth-order valence-corrected chi connectivity index (χ4v) is 4.31. The lowest BCUT2D eigenvalue weighted by Gasteiger charge is -2.20. The monoisotopic (exact) mass is 564 g/mol. The van der Waals surface area contributed by atoms with Crippen molar-refractivity contribution >= 4 is 45.9 Å². The van der Waals surface area contributed by atoms with E-state index in [0.717, 1.165) is 5.69 Å². The fourth-order valence-electron chi connectivity index (χ4n) is 4.09. The van der Waals surface area contributed by atoms with Crippen LogP contribution in [0.1, 0.15) is 50.7 Å². The first-order valence-electron chi connectivity index (χ1n) is 12.9. The summed E-state index contributed by atoms with van der Waals surface area (Å²) in [7, 11) is 1.52. The number of anilines is 2. The summed E-state index contributed by atoms with van der Waals surface area (Å²) in [6, 6.07) is 11.4. The Hall–Kier alpha value is -4.31. The van der Waals surface area contributed by atoms with Crippen LogP contribution in [0.15, 0.2) is 48.7 Å². The van der Waals surface area contributed by atoms with Gasteiger partial charge in [0.2, 0.25) is 0 Å². The quantitative estimate of drug-likeness (QED) is 0.215. The van der Waals surface area contributed by atoms with Crippen LogP contribution in [-0.4, -0.2) is 52.2 Å². The van der Waals surface area contributed by atoms with Crippen LogP contribution in [0, 0.1) is 0 Å². The van der Waals surface area contributed by atoms with Gasteiger partial charge in [-0.1, -0.05) is 32.4 Å². The van der Waals surface area contributed by atoms with E-state index in [4.69, 9.17) is 21.1 Å². The fraction of sp³-hybridized carbons (Fsp3) is 0.310. The molecular weight excluding hydrogens is 532 g/mol. The van der Waals surface area contributed by atoms with Crippen molar-refractivity contribution in [3.05, 3.63) is 64.9 Å². The Morgan fingerprint density at radius 2 is 1.77 bits per heavy atom. The summed E-state index contributed by atoms with van der Waals surface area (Å²) in [5.74, 6) is 1.71. The van der Waals surface area contributed by atoms with Gasteiger partial charge in [0.1, 0.15) is 23.1 Å². The van der Waals surface area contributed by atoms with Gasteiger partial charge in [-0.2, -0.15) is 5.10 Å². The van der Waals surface area contributed by atoms with Crippen LogP contribution in [0.2, 0.25) is 5.02 Å². The maximum absolute atomic E-state index is 13.2. The van der Waals surface area contributed by atoms with Crippen molar-refractivity contribution in [2.75, 3.05) is 30.8 Å². The molecular formula is C29H33ClN6O4. The highest BCUT2D eigenvalue weighted by atomic mass is 35.5. The van der Waals surface area contributed by atoms with Crippen LogP contribution < -0.4 is 20.1 Å². The van der Waals surface area contributed by atoms with E-state index in [1.807, 2.05) is 34.6 Å². The molecule has 0 saturated heterocycles. The molecule has 4 rings (SSSR count). The van der Waals surface area contributed by atoms with Gasteiger partial charge in [-0.3, -0.25) is 20.2 Å². The largest absolute Gasteiger partial charge is 0.496 e. The number of carbonyl (C=O) groups is 2. The number of pyridine rings is 1. The number of aromatic amines is 1. The molecule has 3 N–H and O–H groups in total. The molecule has 2 aromatic heterocycles. The summed E-state index contributed by atoms with van der Waals surface area (Å²) >= 11 is 6.48. The molecule has 0 atom stereocenters. The van der Waals surface area contributed by atoms with Crippen molar-refractivity contribution < 1.29 is 19.1 Å². The maximum Gasteiger partial charge on any atom is 0.324 e. The number of amides is 3. The molecule has 4 aromatic rings. The molecule has 3 amide bonds. The van der Waals surface area contributed by atoms with Gasteiger partial charge in [-0.25, -0.2) is 4.79 Å². The number of nitrogens with zero attached hydrogens (tertiary/aromatic N) is 3. The third kappa shape index (κ3) is 6.28. The number of fused-ring (bicyclic) bond motifs is 1. The third-order valence-corrected chi connectivity index (χ3v) is 6.63. The molecule has 0 unspecified atom stereocenters. The number of halogens is 1. The smallest absolute Gasteiger partial charge is 0.324 e. The van der Waals surface area contributed by atoms with Gasteiger partial charge in [-0.15, -0.1) is 0 Å². The van der Waals surface area contributed by atoms with Crippen LogP contribution in [0.25, 0.3) is 10.9 Å². The number of hydrogen-bond acceptors (Lipinski definition) is 6. The van der Waals surface area contributed by atoms with E-state index in [1.165, 1.54) is 7.11 Å². The molecule has 0 radical (unpaired) electrons. The number of aromatic nitrogens is 3. The van der Waals surface area contributed by atoms with E-state index < -0.39 is 6.03 Å². The SMILES string of the molecule is CCN(CC)C(=O)c1cc2c(Oc3ccc(NC(=O)Nc4cc(C(C)(C)C)n[nH]4)c(Cl)c3)ccnc2cc1OC. The predicted molar refractivity (Wildman–Crippen MR) is 157 cm³/mol. The molecule has 0 aliphatic rings. The number of benzene rings is 2. The highest BCUT2D eigenvalue weighted by Gasteiger charge is 2.21. The molecule has 0 fully saturated rings. The van der Waals surface area contributed by atoms with E-state index in [0.29, 0.717) is 58.3 Å². The first-order chi connectivity index (χ1) is 19.0. The first kappa shape index (κ1) is 28.7. The zero-order valence-corrected chi connectivity index (χ0v) is 24.1. The molecule has 40 heavy (non-hydrogen) atoms. The van der Waals surface area contributed by atoms with Crippen LogP contribution in [0.4, 0.5) is 16.3 Å². The lowest BCUT2D eigenvalue weighted by Crippen LogP contribution is -2.30. The maximum atomic E-state index is 13.2. The van der Waals surface area contributed by atoms with E-state index in [9.17, 15) is 9.59 Å². The van der Waals surface area contributed by atoms with Crippen molar-refractivity contribution in [1.82, 2.24) is 20.1 Å². The zero-order chi connectivity index (χ0) is 29.0. The van der Waals surface area contributed by atoms with Gasteiger partial charge in [0.15, 0.2) is 0 Å². The third-order valence-electron chi connectivity index (χ3n) is 6.31. The Morgan fingerprint density at radius 3 is 2.40 bits per heavy atom. The molecule has 0 spiro atoms. The minimum Gasteiger partial charge on any atom is -0.496 e. The molecule has 2 heterocycles. The van der Waals surface area contributed by atoms with E-state index in [1.54, 1.807) is 53.6 Å². The number of nitrogens with one attached hydrogen (secondary N) is 3. The summed E-state index contributed by atoms with van der Waals surface area (Å²) in [5.41, 5.74) is 2.11. The molecule has 11 heteroatoms. The average Bonchev–Trinajstić information content (AvgIpc) is 3.39. The summed E-state index contributed by atoms with van der Waals surface area (Å²) in [4.78, 5) is 31.8. The molecule has 10 nitrogen and oxygen atoms in total. The predicted octanol–water partition coefficient (Wildman–Crippen LogP) is 6.84. The van der Waals surface area contributed by atoms with Crippen LogP contribution in [0.3, 0.4) is 0 Å². The molecule has 210 valence electrons. The van der Waals surface area contributed by atoms with Gasteiger partial charge in [0, 0.05) is 48.3 Å². The standard InChI is InChI=1S/C29H33ClN6O4/c1-7-36(8-2)27(37)19-14-18-22(15-24(19)39-6)31-12-11-23(18)40-17-9-10-21(20(30)13-17)32-28(38)33-26-16-25(34-35-26)29(3,4)5/h9-16H,7-8H2,1-6H3,(H3,32,33,34,35,38). The van der Waals surface area contributed by atoms with E-state index in [-0.39, 0.29) is 16.3 Å². The normalized spacial score (nSPS) is 11.3. The number of H-pyrrole nitrogens is 1. The molecule has 2 aromatic carbocycles. The topological polar surface area (TPSA) is 121 Å². The minimum absolute atomic E-state index is 0.139. The van der Waals surface area contributed by atoms with Gasteiger partial charge in [-0.05, 0) is 38.1 Å². The summed E-state index contributed by atoms with van der Waals surface area (Å²) in [6.07, 6.45) is 1.62. The second-order valence-electron chi connectivity index (χ2n) is 10.1. The molecule has 0 saturated carbocycles. The number of hydrogen-bond donors (Lipinski definition) is 3. The van der Waals surface area contributed by atoms with Crippen LogP contribution >= 0.6 is 11.6 Å². The Balaban J connectivity index is 1.54. The number of methoxy groups -OCH3 is 1. The Kier molecular flexibility index (Phi) is 8.49. The molecule has 0 aliphatic carbocycles. The summed E-state index contributed by atoms with van der Waals surface area (Å²) < 4.78 is 11.6. The second-order valence-corrected chi connectivity index (χ2v) is 10.5. The van der Waals surface area contributed by atoms with E-state index >= 15 is 0 Å². The average molecular weight is 565 g/mol. The Morgan fingerprint density at radius 1 is 1.02 bits per heavy atom. The number of ether oxygens (including phenoxy) is 2. The highest BCUT2D eigenvalue weighted by Crippen LogP contribution is 2.36. The van der Waals surface area contributed by atoms with Crippen LogP contribution in [-0.2, 0) is 5.41 Å². The minimum atomic E-state index is -0.473. The van der Waals surface area contributed by atoms with Crippen molar-refractivity contribution in [2.45, 2.75) is 40.0 Å². The lowest BCUT2D eigenvalue weighted by atomic mass is 9.92. The van der Waals surface area contributed by atoms with Crippen molar-refractivity contribution in [1.29, 1.82) is 0 Å².